The van der Waals surface area contributed by atoms with Crippen LogP contribution in [-0.4, -0.2) is 20.6 Å². The third-order valence-corrected chi connectivity index (χ3v) is 3.50. The maximum Gasteiger partial charge on any atom is 0.160 e. The molecular weight excluding hydrogens is 236 g/mol. The number of imidazole rings is 1. The van der Waals surface area contributed by atoms with E-state index in [4.69, 9.17) is 10.7 Å². The van der Waals surface area contributed by atoms with Gasteiger partial charge in [0.1, 0.15) is 11.3 Å². The monoisotopic (exact) mass is 260 g/mol. The molecule has 0 spiro atoms. The molecule has 19 heavy (non-hydrogen) atoms. The van der Waals surface area contributed by atoms with Crippen LogP contribution >= 0.6 is 0 Å². The first-order chi connectivity index (χ1) is 9.15. The quantitative estimate of drug-likeness (QED) is 0.869. The van der Waals surface area contributed by atoms with Crippen LogP contribution in [0.2, 0.25) is 0 Å². The standard InChI is InChI=1S/C15H24N4/c1-4-6-7-14-18-13-8-11(3)9-17-15(13)19(14)10-12(16)5-2/h8-9,12H,4-7,10,16H2,1-3H3. The molecule has 2 N–H and O–H groups in total. The van der Waals surface area contributed by atoms with Crippen molar-refractivity contribution in [1.82, 2.24) is 14.5 Å². The Balaban J connectivity index is 2.42. The van der Waals surface area contributed by atoms with Crippen molar-refractivity contribution < 1.29 is 0 Å². The van der Waals surface area contributed by atoms with Gasteiger partial charge in [-0.05, 0) is 31.4 Å². The Morgan fingerprint density at radius 1 is 1.37 bits per heavy atom. The number of unbranched alkanes of at least 4 members (excludes halogenated alkanes) is 1. The zero-order valence-electron chi connectivity index (χ0n) is 12.2. The van der Waals surface area contributed by atoms with E-state index in [1.807, 2.05) is 6.20 Å². The number of nitrogens with two attached hydrogens (primary N) is 1. The van der Waals surface area contributed by atoms with Crippen LogP contribution in [0.5, 0.6) is 0 Å². The van der Waals surface area contributed by atoms with Gasteiger partial charge in [-0.1, -0.05) is 20.3 Å². The summed E-state index contributed by atoms with van der Waals surface area (Å²) in [6.45, 7) is 7.18. The van der Waals surface area contributed by atoms with E-state index in [2.05, 4.69) is 36.4 Å². The van der Waals surface area contributed by atoms with Crippen LogP contribution in [-0.2, 0) is 13.0 Å². The summed E-state index contributed by atoms with van der Waals surface area (Å²) in [4.78, 5) is 9.28. The summed E-state index contributed by atoms with van der Waals surface area (Å²) in [5.41, 5.74) is 9.23. The second kappa shape index (κ2) is 6.15. The van der Waals surface area contributed by atoms with Crippen LogP contribution in [0.15, 0.2) is 12.3 Å². The molecule has 0 aliphatic heterocycles. The Kier molecular flexibility index (Phi) is 4.53. The largest absolute Gasteiger partial charge is 0.326 e. The average molecular weight is 260 g/mol. The highest BCUT2D eigenvalue weighted by atomic mass is 15.1. The van der Waals surface area contributed by atoms with E-state index < -0.39 is 0 Å². The summed E-state index contributed by atoms with van der Waals surface area (Å²) in [6.07, 6.45) is 6.21. The predicted octanol–water partition coefficient (Wildman–Crippen LogP) is 2.82. The van der Waals surface area contributed by atoms with Crippen LogP contribution in [0.4, 0.5) is 0 Å². The van der Waals surface area contributed by atoms with Gasteiger partial charge in [-0.2, -0.15) is 0 Å². The van der Waals surface area contributed by atoms with Gasteiger partial charge < -0.3 is 10.3 Å². The van der Waals surface area contributed by atoms with E-state index in [-0.39, 0.29) is 6.04 Å². The van der Waals surface area contributed by atoms with Crippen molar-refractivity contribution in [2.75, 3.05) is 0 Å². The second-order valence-electron chi connectivity index (χ2n) is 5.27. The average Bonchev–Trinajstić information content (AvgIpc) is 2.73. The molecule has 1 unspecified atom stereocenters. The van der Waals surface area contributed by atoms with Crippen LogP contribution in [0.3, 0.4) is 0 Å². The lowest BCUT2D eigenvalue weighted by atomic mass is 10.2. The molecule has 0 bridgehead atoms. The summed E-state index contributed by atoms with van der Waals surface area (Å²) in [5.74, 6) is 1.12. The molecule has 0 fully saturated rings. The zero-order valence-corrected chi connectivity index (χ0v) is 12.2. The first-order valence-corrected chi connectivity index (χ1v) is 7.23. The van der Waals surface area contributed by atoms with Gasteiger partial charge in [0.25, 0.3) is 0 Å². The molecule has 2 heterocycles. The molecule has 0 radical (unpaired) electrons. The molecule has 0 saturated carbocycles. The molecule has 2 rings (SSSR count). The fraction of sp³-hybridized carbons (Fsp3) is 0.600. The Labute approximate surface area is 115 Å². The van der Waals surface area contributed by atoms with Crippen LogP contribution in [0, 0.1) is 6.92 Å². The minimum absolute atomic E-state index is 0.167. The van der Waals surface area contributed by atoms with E-state index in [0.29, 0.717) is 0 Å². The van der Waals surface area contributed by atoms with Gasteiger partial charge in [0.2, 0.25) is 0 Å². The van der Waals surface area contributed by atoms with E-state index in [1.54, 1.807) is 0 Å². The molecule has 0 aromatic carbocycles. The zero-order chi connectivity index (χ0) is 13.8. The molecule has 0 amide bonds. The lowest BCUT2D eigenvalue weighted by Crippen LogP contribution is -2.26. The van der Waals surface area contributed by atoms with Crippen molar-refractivity contribution in [2.24, 2.45) is 5.73 Å². The van der Waals surface area contributed by atoms with E-state index in [0.717, 1.165) is 48.4 Å². The van der Waals surface area contributed by atoms with Gasteiger partial charge in [0.15, 0.2) is 5.65 Å². The number of aryl methyl sites for hydroxylation is 2. The lowest BCUT2D eigenvalue weighted by Gasteiger charge is -2.13. The number of fused-ring (bicyclic) bond motifs is 1. The van der Waals surface area contributed by atoms with Gasteiger partial charge >= 0.3 is 0 Å². The predicted molar refractivity (Wildman–Crippen MR) is 79.1 cm³/mol. The van der Waals surface area contributed by atoms with Gasteiger partial charge in [0, 0.05) is 25.2 Å². The molecule has 0 saturated heterocycles. The van der Waals surface area contributed by atoms with Gasteiger partial charge in [-0.3, -0.25) is 0 Å². The molecule has 2 aromatic rings. The van der Waals surface area contributed by atoms with Crippen molar-refractivity contribution >= 4 is 11.2 Å². The Hall–Kier alpha value is -1.42. The molecule has 1 atom stereocenters. The Bertz CT molecular complexity index is 544. The van der Waals surface area contributed by atoms with E-state index in [9.17, 15) is 0 Å². The maximum absolute atomic E-state index is 6.11. The fourth-order valence-electron chi connectivity index (χ4n) is 2.24. The summed E-state index contributed by atoms with van der Waals surface area (Å²) in [7, 11) is 0. The van der Waals surface area contributed by atoms with Crippen molar-refractivity contribution in [1.29, 1.82) is 0 Å². The molecular formula is C15H24N4. The molecule has 4 nitrogen and oxygen atoms in total. The molecule has 0 aliphatic carbocycles. The normalized spacial score (nSPS) is 13.1. The van der Waals surface area contributed by atoms with E-state index in [1.165, 1.54) is 6.42 Å². The summed E-state index contributed by atoms with van der Waals surface area (Å²) < 4.78 is 2.21. The van der Waals surface area contributed by atoms with Crippen molar-refractivity contribution in [2.45, 2.75) is 59.0 Å². The summed E-state index contributed by atoms with van der Waals surface area (Å²) >= 11 is 0. The van der Waals surface area contributed by atoms with Gasteiger partial charge in [0.05, 0.1) is 0 Å². The first kappa shape index (κ1) is 14.0. The van der Waals surface area contributed by atoms with Gasteiger partial charge in [-0.15, -0.1) is 0 Å². The number of rotatable bonds is 6. The highest BCUT2D eigenvalue weighted by molar-refractivity contribution is 5.72. The minimum atomic E-state index is 0.167. The lowest BCUT2D eigenvalue weighted by molar-refractivity contribution is 0.526. The van der Waals surface area contributed by atoms with Crippen LogP contribution < -0.4 is 5.73 Å². The number of hydrogen-bond donors (Lipinski definition) is 1. The minimum Gasteiger partial charge on any atom is -0.326 e. The number of aromatic nitrogens is 3. The molecule has 4 heteroatoms. The van der Waals surface area contributed by atoms with Crippen molar-refractivity contribution in [3.63, 3.8) is 0 Å². The Morgan fingerprint density at radius 3 is 2.84 bits per heavy atom. The van der Waals surface area contributed by atoms with Crippen LogP contribution in [0.1, 0.15) is 44.5 Å². The Morgan fingerprint density at radius 2 is 2.16 bits per heavy atom. The summed E-state index contributed by atoms with van der Waals surface area (Å²) in [6, 6.07) is 2.27. The molecule has 0 aliphatic rings. The fourth-order valence-corrected chi connectivity index (χ4v) is 2.24. The van der Waals surface area contributed by atoms with Crippen molar-refractivity contribution in [3.8, 4) is 0 Å². The molecule has 104 valence electrons. The van der Waals surface area contributed by atoms with Gasteiger partial charge in [-0.25, -0.2) is 9.97 Å². The number of nitrogens with zero attached hydrogens (tertiary/aromatic N) is 3. The number of hydrogen-bond acceptors (Lipinski definition) is 3. The maximum atomic E-state index is 6.11. The van der Waals surface area contributed by atoms with E-state index >= 15 is 0 Å². The third-order valence-electron chi connectivity index (χ3n) is 3.50. The molecule has 2 aromatic heterocycles. The highest BCUT2D eigenvalue weighted by Crippen LogP contribution is 2.17. The topological polar surface area (TPSA) is 56.7 Å². The highest BCUT2D eigenvalue weighted by Gasteiger charge is 2.13. The smallest absolute Gasteiger partial charge is 0.160 e. The SMILES string of the molecule is CCCCc1nc2cc(C)cnc2n1CC(N)CC. The third kappa shape index (κ3) is 3.13. The van der Waals surface area contributed by atoms with Crippen LogP contribution in [0.25, 0.3) is 11.2 Å². The second-order valence-corrected chi connectivity index (χ2v) is 5.27. The van der Waals surface area contributed by atoms with Crippen molar-refractivity contribution in [3.05, 3.63) is 23.7 Å². The number of pyridine rings is 1. The first-order valence-electron chi connectivity index (χ1n) is 7.23. The summed E-state index contributed by atoms with van der Waals surface area (Å²) in [5, 5.41) is 0.